The lowest BCUT2D eigenvalue weighted by Crippen LogP contribution is -1.94. The first-order chi connectivity index (χ1) is 8.79. The van der Waals surface area contributed by atoms with Crippen molar-refractivity contribution in [2.24, 2.45) is 5.73 Å². The maximum absolute atomic E-state index is 5.89. The van der Waals surface area contributed by atoms with Crippen molar-refractivity contribution in [3.8, 4) is 11.1 Å². The number of hydrogen-bond acceptors (Lipinski definition) is 1. The zero-order chi connectivity index (χ0) is 12.8. The van der Waals surface area contributed by atoms with Gasteiger partial charge in [0.1, 0.15) is 0 Å². The van der Waals surface area contributed by atoms with Gasteiger partial charge in [-0.25, -0.2) is 0 Å². The minimum absolute atomic E-state index is 0.688. The molecule has 2 aromatic carbocycles. The highest BCUT2D eigenvalue weighted by Crippen LogP contribution is 2.22. The summed E-state index contributed by atoms with van der Waals surface area (Å²) in [6.07, 6.45) is 5.11. The average Bonchev–Trinajstić information content (AvgIpc) is 2.40. The predicted octanol–water partition coefficient (Wildman–Crippen LogP) is 4.37. The number of benzene rings is 2. The molecule has 0 spiro atoms. The summed E-state index contributed by atoms with van der Waals surface area (Å²) in [5, 5.41) is 0.762. The van der Waals surface area contributed by atoms with E-state index < -0.39 is 0 Å². The molecule has 92 valence electrons. The summed E-state index contributed by atoms with van der Waals surface area (Å²) >= 11 is 5.89. The van der Waals surface area contributed by atoms with Crippen LogP contribution in [-0.4, -0.2) is 6.54 Å². The first-order valence-electron chi connectivity index (χ1n) is 6.02. The molecule has 0 atom stereocenters. The van der Waals surface area contributed by atoms with Gasteiger partial charge < -0.3 is 5.73 Å². The lowest BCUT2D eigenvalue weighted by molar-refractivity contribution is 1.01. The number of nitrogens with two attached hydrogens (primary N) is 1. The minimum atomic E-state index is 0.688. The van der Waals surface area contributed by atoms with E-state index in [0.717, 1.165) is 11.4 Å². The summed E-state index contributed by atoms with van der Waals surface area (Å²) in [7, 11) is 0. The number of hydrogen-bond donors (Lipinski definition) is 1. The second-order valence-electron chi connectivity index (χ2n) is 4.11. The Kier molecular flexibility index (Phi) is 4.57. The lowest BCUT2D eigenvalue weighted by atomic mass is 10.0. The summed E-state index contributed by atoms with van der Waals surface area (Å²) in [6.45, 7) is 0.688. The summed E-state index contributed by atoms with van der Waals surface area (Å²) < 4.78 is 0. The lowest BCUT2D eigenvalue weighted by Gasteiger charge is -2.03. The molecule has 0 saturated carbocycles. The second kappa shape index (κ2) is 6.39. The number of rotatable bonds is 4. The molecule has 18 heavy (non-hydrogen) atoms. The maximum atomic E-state index is 5.89. The van der Waals surface area contributed by atoms with Crippen molar-refractivity contribution in [2.45, 2.75) is 6.42 Å². The van der Waals surface area contributed by atoms with Crippen LogP contribution in [0.1, 0.15) is 12.0 Å². The average molecular weight is 258 g/mol. The first kappa shape index (κ1) is 12.9. The van der Waals surface area contributed by atoms with E-state index in [2.05, 4.69) is 36.4 Å². The molecule has 0 fully saturated rings. The fourth-order valence-electron chi connectivity index (χ4n) is 1.78. The van der Waals surface area contributed by atoms with Gasteiger partial charge in [-0.15, -0.1) is 0 Å². The van der Waals surface area contributed by atoms with Crippen LogP contribution in [0.4, 0.5) is 0 Å². The van der Waals surface area contributed by atoms with Crippen LogP contribution in [0.3, 0.4) is 0 Å². The van der Waals surface area contributed by atoms with Crippen LogP contribution in [0.5, 0.6) is 0 Å². The third kappa shape index (κ3) is 3.46. The molecule has 0 bridgehead atoms. The third-order valence-electron chi connectivity index (χ3n) is 2.71. The molecule has 2 aromatic rings. The molecule has 0 heterocycles. The molecule has 0 aliphatic heterocycles. The summed E-state index contributed by atoms with van der Waals surface area (Å²) in [4.78, 5) is 0. The van der Waals surface area contributed by atoms with Crippen molar-refractivity contribution in [3.05, 3.63) is 65.2 Å². The van der Waals surface area contributed by atoms with Crippen molar-refractivity contribution < 1.29 is 0 Å². The third-order valence-corrected chi connectivity index (χ3v) is 2.96. The molecule has 0 unspecified atom stereocenters. The monoisotopic (exact) mass is 257 g/mol. The SMILES string of the molecule is NCC/C=C/c1cccc(-c2ccc(Cl)cc2)c1. The molecule has 2 N–H and O–H groups in total. The normalized spacial score (nSPS) is 11.0. The Morgan fingerprint density at radius 2 is 1.78 bits per heavy atom. The molecule has 0 aromatic heterocycles. The first-order valence-corrected chi connectivity index (χ1v) is 6.40. The molecule has 0 aliphatic carbocycles. The summed E-state index contributed by atoms with van der Waals surface area (Å²) in [5.41, 5.74) is 9.03. The zero-order valence-corrected chi connectivity index (χ0v) is 10.9. The van der Waals surface area contributed by atoms with Crippen LogP contribution in [0.2, 0.25) is 5.02 Å². The van der Waals surface area contributed by atoms with Gasteiger partial charge in [-0.1, -0.05) is 54.1 Å². The molecular formula is C16H16ClN. The molecule has 0 aliphatic rings. The molecule has 1 nitrogen and oxygen atoms in total. The van der Waals surface area contributed by atoms with Crippen LogP contribution in [0, 0.1) is 0 Å². The summed E-state index contributed by atoms with van der Waals surface area (Å²) in [6, 6.07) is 16.3. The Balaban J connectivity index is 2.24. The van der Waals surface area contributed by atoms with E-state index in [1.54, 1.807) is 0 Å². The van der Waals surface area contributed by atoms with Gasteiger partial charge in [-0.3, -0.25) is 0 Å². The van der Waals surface area contributed by atoms with Crippen LogP contribution < -0.4 is 5.73 Å². The Morgan fingerprint density at radius 1 is 1.00 bits per heavy atom. The highest BCUT2D eigenvalue weighted by atomic mass is 35.5. The van der Waals surface area contributed by atoms with Gasteiger partial charge in [-0.2, -0.15) is 0 Å². The van der Waals surface area contributed by atoms with Crippen molar-refractivity contribution in [2.75, 3.05) is 6.54 Å². The van der Waals surface area contributed by atoms with E-state index in [0.29, 0.717) is 6.54 Å². The molecule has 0 radical (unpaired) electrons. The van der Waals surface area contributed by atoms with Gasteiger partial charge in [0.05, 0.1) is 0 Å². The number of halogens is 1. The van der Waals surface area contributed by atoms with Gasteiger partial charge in [0, 0.05) is 5.02 Å². The topological polar surface area (TPSA) is 26.0 Å². The van der Waals surface area contributed by atoms with Crippen LogP contribution in [0.15, 0.2) is 54.6 Å². The fraction of sp³-hybridized carbons (Fsp3) is 0.125. The van der Waals surface area contributed by atoms with E-state index in [1.165, 1.54) is 16.7 Å². The van der Waals surface area contributed by atoms with Crippen LogP contribution in [0.25, 0.3) is 17.2 Å². The van der Waals surface area contributed by atoms with Crippen molar-refractivity contribution in [3.63, 3.8) is 0 Å². The molecule has 0 amide bonds. The van der Waals surface area contributed by atoms with E-state index >= 15 is 0 Å². The van der Waals surface area contributed by atoms with Gasteiger partial charge in [0.15, 0.2) is 0 Å². The van der Waals surface area contributed by atoms with E-state index in [4.69, 9.17) is 17.3 Å². The standard InChI is InChI=1S/C16H16ClN/c17-16-9-7-14(8-10-16)15-6-3-5-13(12-15)4-1-2-11-18/h1,3-10,12H,2,11,18H2/b4-1+. The predicted molar refractivity (Wildman–Crippen MR) is 79.6 cm³/mol. The highest BCUT2D eigenvalue weighted by molar-refractivity contribution is 6.30. The Hall–Kier alpha value is -1.57. The highest BCUT2D eigenvalue weighted by Gasteiger charge is 1.97. The van der Waals surface area contributed by atoms with Crippen LogP contribution >= 0.6 is 11.6 Å². The van der Waals surface area contributed by atoms with Crippen molar-refractivity contribution in [1.29, 1.82) is 0 Å². The Labute approximate surface area is 113 Å². The molecule has 2 rings (SSSR count). The van der Waals surface area contributed by atoms with Gasteiger partial charge in [0.25, 0.3) is 0 Å². The molecule has 2 heteroatoms. The largest absolute Gasteiger partial charge is 0.330 e. The minimum Gasteiger partial charge on any atom is -0.330 e. The Bertz CT molecular complexity index is 529. The van der Waals surface area contributed by atoms with E-state index in [1.807, 2.05) is 24.3 Å². The molecular weight excluding hydrogens is 242 g/mol. The van der Waals surface area contributed by atoms with Crippen molar-refractivity contribution in [1.82, 2.24) is 0 Å². The van der Waals surface area contributed by atoms with Gasteiger partial charge >= 0.3 is 0 Å². The quantitative estimate of drug-likeness (QED) is 0.865. The van der Waals surface area contributed by atoms with Crippen LogP contribution in [-0.2, 0) is 0 Å². The van der Waals surface area contributed by atoms with E-state index in [9.17, 15) is 0 Å². The zero-order valence-electron chi connectivity index (χ0n) is 10.1. The van der Waals surface area contributed by atoms with Crippen molar-refractivity contribution >= 4 is 17.7 Å². The fourth-order valence-corrected chi connectivity index (χ4v) is 1.91. The summed E-state index contributed by atoms with van der Waals surface area (Å²) in [5.74, 6) is 0. The van der Waals surface area contributed by atoms with Gasteiger partial charge in [-0.05, 0) is 47.9 Å². The maximum Gasteiger partial charge on any atom is 0.0406 e. The Morgan fingerprint density at radius 3 is 2.50 bits per heavy atom. The second-order valence-corrected chi connectivity index (χ2v) is 4.55. The van der Waals surface area contributed by atoms with E-state index in [-0.39, 0.29) is 0 Å². The van der Waals surface area contributed by atoms with Gasteiger partial charge in [0.2, 0.25) is 0 Å². The molecule has 0 saturated heterocycles. The smallest absolute Gasteiger partial charge is 0.0406 e.